The molecule has 0 aliphatic heterocycles. The van der Waals surface area contributed by atoms with Gasteiger partial charge in [0.15, 0.2) is 0 Å². The van der Waals surface area contributed by atoms with E-state index in [9.17, 15) is 14.6 Å². The van der Waals surface area contributed by atoms with E-state index in [1.54, 1.807) is 0 Å². The molecular formula is C17H27O4P. The summed E-state index contributed by atoms with van der Waals surface area (Å²) in [5.41, 5.74) is 3.00. The molecule has 1 aromatic carbocycles. The molecule has 1 N–H and O–H groups in total. The first-order chi connectivity index (χ1) is 9.89. The van der Waals surface area contributed by atoms with Gasteiger partial charge in [-0.2, -0.15) is 0 Å². The molecule has 0 radical (unpaired) electrons. The molecule has 0 fully saturated rings. The first-order valence-corrected chi connectivity index (χ1v) is 8.65. The second kappa shape index (κ2) is 6.66. The van der Waals surface area contributed by atoms with Gasteiger partial charge in [-0.3, -0.25) is 0 Å². The Labute approximate surface area is 134 Å². The van der Waals surface area contributed by atoms with Crippen LogP contribution < -0.4 is 4.89 Å². The van der Waals surface area contributed by atoms with Gasteiger partial charge in [-0.15, -0.1) is 4.52 Å². The van der Waals surface area contributed by atoms with Crippen molar-refractivity contribution in [2.45, 2.75) is 72.3 Å². The van der Waals surface area contributed by atoms with Crippen molar-refractivity contribution in [3.8, 4) is 5.75 Å². The zero-order chi connectivity index (χ0) is 17.3. The Hall–Kier alpha value is -0.960. The first kappa shape index (κ1) is 19.1. The summed E-state index contributed by atoms with van der Waals surface area (Å²) < 4.78 is 15.6. The van der Waals surface area contributed by atoms with Gasteiger partial charge in [-0.1, -0.05) is 48.5 Å². The number of benzene rings is 1. The molecule has 0 bridgehead atoms. The molecule has 1 aromatic rings. The van der Waals surface area contributed by atoms with Crippen LogP contribution in [-0.4, -0.2) is 5.11 Å². The van der Waals surface area contributed by atoms with Crippen LogP contribution in [-0.2, 0) is 32.9 Å². The van der Waals surface area contributed by atoms with Gasteiger partial charge >= 0.3 is 8.25 Å². The van der Waals surface area contributed by atoms with Crippen LogP contribution in [0.5, 0.6) is 5.75 Å². The fourth-order valence-corrected chi connectivity index (χ4v) is 3.05. The molecule has 0 spiro atoms. The van der Waals surface area contributed by atoms with E-state index in [-0.39, 0.29) is 17.4 Å². The third-order valence-electron chi connectivity index (χ3n) is 3.74. The summed E-state index contributed by atoms with van der Waals surface area (Å²) in [6.45, 7) is 14.2. The lowest BCUT2D eigenvalue weighted by molar-refractivity contribution is -0.186. The van der Waals surface area contributed by atoms with Crippen LogP contribution in [0.3, 0.4) is 0 Å². The molecule has 0 heterocycles. The predicted molar refractivity (Wildman–Crippen MR) is 87.3 cm³/mol. The smallest absolute Gasteiger partial charge is 0.488 e. The normalized spacial score (nSPS) is 13.4. The molecule has 4 nitrogen and oxygen atoms in total. The fourth-order valence-electron chi connectivity index (χ4n) is 2.80. The topological polar surface area (TPSA) is 69.6 Å². The molecule has 124 valence electrons. The van der Waals surface area contributed by atoms with Crippen LogP contribution in [0.4, 0.5) is 0 Å². The summed E-state index contributed by atoms with van der Waals surface area (Å²) in [6, 6.07) is 1.88. The molecule has 0 aliphatic carbocycles. The molecule has 0 saturated heterocycles. The Kier molecular flexibility index (Phi) is 5.77. The zero-order valence-electron chi connectivity index (χ0n) is 14.6. The van der Waals surface area contributed by atoms with Crippen LogP contribution in [0.15, 0.2) is 6.07 Å². The molecule has 5 heteroatoms. The Morgan fingerprint density at radius 1 is 1.18 bits per heavy atom. The van der Waals surface area contributed by atoms with Gasteiger partial charge in [0.25, 0.3) is 0 Å². The van der Waals surface area contributed by atoms with Crippen molar-refractivity contribution in [1.29, 1.82) is 0 Å². The molecule has 22 heavy (non-hydrogen) atoms. The first-order valence-electron chi connectivity index (χ1n) is 7.55. The zero-order valence-corrected chi connectivity index (χ0v) is 15.5. The van der Waals surface area contributed by atoms with Crippen molar-refractivity contribution in [3.63, 3.8) is 0 Å². The van der Waals surface area contributed by atoms with Crippen LogP contribution in [0.1, 0.15) is 70.7 Å². The summed E-state index contributed by atoms with van der Waals surface area (Å²) in [4.78, 5) is 10.8. The molecule has 0 amide bonds. The summed E-state index contributed by atoms with van der Waals surface area (Å²) in [5.74, 6) is 0.312. The summed E-state index contributed by atoms with van der Waals surface area (Å²) in [5, 5.41) is 10.8. The Morgan fingerprint density at radius 2 is 1.73 bits per heavy atom. The highest BCUT2D eigenvalue weighted by molar-refractivity contribution is 7.30. The maximum absolute atomic E-state index is 10.8. The molecule has 1 unspecified atom stereocenters. The SMILES string of the molecule is CCc1c(CO[P+](=O)[O-])cc(C(C)(C)C)c(O)c1C(C)(C)C. The highest BCUT2D eigenvalue weighted by atomic mass is 31.1. The van der Waals surface area contributed by atoms with Crippen molar-refractivity contribution in [3.05, 3.63) is 28.3 Å². The van der Waals surface area contributed by atoms with Gasteiger partial charge < -0.3 is 10.00 Å². The van der Waals surface area contributed by atoms with E-state index >= 15 is 0 Å². The third-order valence-corrected chi connectivity index (χ3v) is 4.08. The van der Waals surface area contributed by atoms with E-state index in [4.69, 9.17) is 4.52 Å². The Balaban J connectivity index is 3.66. The molecule has 1 atom stereocenters. The quantitative estimate of drug-likeness (QED) is 0.846. The van der Waals surface area contributed by atoms with Gasteiger partial charge in [-0.25, -0.2) is 0 Å². The second-order valence-corrected chi connectivity index (χ2v) is 8.34. The number of rotatable bonds is 4. The van der Waals surface area contributed by atoms with Gasteiger partial charge in [-0.05, 0) is 44.6 Å². The average molecular weight is 326 g/mol. The minimum Gasteiger partial charge on any atom is -0.566 e. The van der Waals surface area contributed by atoms with Crippen LogP contribution >= 0.6 is 8.25 Å². The van der Waals surface area contributed by atoms with E-state index in [1.165, 1.54) is 0 Å². The van der Waals surface area contributed by atoms with E-state index in [1.807, 2.05) is 54.5 Å². The Morgan fingerprint density at radius 3 is 2.09 bits per heavy atom. The van der Waals surface area contributed by atoms with Crippen LogP contribution in [0, 0.1) is 0 Å². The van der Waals surface area contributed by atoms with Crippen LogP contribution in [0.2, 0.25) is 0 Å². The summed E-state index contributed by atoms with van der Waals surface area (Å²) in [6.07, 6.45) is 0.707. The largest absolute Gasteiger partial charge is 0.566 e. The number of aromatic hydroxyl groups is 1. The van der Waals surface area contributed by atoms with E-state index < -0.39 is 8.25 Å². The van der Waals surface area contributed by atoms with Crippen molar-refractivity contribution in [1.82, 2.24) is 0 Å². The lowest BCUT2D eigenvalue weighted by atomic mass is 9.75. The number of phenols is 1. The van der Waals surface area contributed by atoms with Gasteiger partial charge in [0.1, 0.15) is 12.4 Å². The molecule has 0 aromatic heterocycles. The summed E-state index contributed by atoms with van der Waals surface area (Å²) in [7, 11) is -2.89. The standard InChI is InChI=1S/C17H27O4P/c1-8-12-11(10-21-22(19)20)9-13(16(2,3)4)15(18)14(12)17(5,6)7/h9,18H,8,10H2,1-7H3. The highest BCUT2D eigenvalue weighted by Crippen LogP contribution is 2.43. The maximum atomic E-state index is 10.8. The van der Waals surface area contributed by atoms with Crippen LogP contribution in [0.25, 0.3) is 0 Å². The van der Waals surface area contributed by atoms with E-state index in [0.717, 1.165) is 22.3 Å². The van der Waals surface area contributed by atoms with Gasteiger partial charge in [0.2, 0.25) is 0 Å². The van der Waals surface area contributed by atoms with Gasteiger partial charge in [0, 0.05) is 5.56 Å². The van der Waals surface area contributed by atoms with Crippen molar-refractivity contribution < 1.29 is 19.1 Å². The molecule has 0 aliphatic rings. The number of hydrogen-bond acceptors (Lipinski definition) is 4. The minimum atomic E-state index is -2.89. The fraction of sp³-hybridized carbons (Fsp3) is 0.647. The molecule has 0 saturated carbocycles. The number of phenolic OH excluding ortho intramolecular Hbond substituents is 1. The van der Waals surface area contributed by atoms with E-state index in [0.29, 0.717) is 12.2 Å². The number of hydrogen-bond donors (Lipinski definition) is 1. The summed E-state index contributed by atoms with van der Waals surface area (Å²) >= 11 is 0. The highest BCUT2D eigenvalue weighted by Gasteiger charge is 2.30. The monoisotopic (exact) mass is 326 g/mol. The van der Waals surface area contributed by atoms with E-state index in [2.05, 4.69) is 0 Å². The second-order valence-electron chi connectivity index (χ2n) is 7.64. The molecular weight excluding hydrogens is 299 g/mol. The lowest BCUT2D eigenvalue weighted by Crippen LogP contribution is -2.21. The molecule has 1 rings (SSSR count). The third kappa shape index (κ3) is 4.28. The van der Waals surface area contributed by atoms with Crippen molar-refractivity contribution in [2.24, 2.45) is 0 Å². The van der Waals surface area contributed by atoms with Crippen molar-refractivity contribution in [2.75, 3.05) is 0 Å². The Bertz CT molecular complexity index is 565. The average Bonchev–Trinajstić information content (AvgIpc) is 2.33. The maximum Gasteiger partial charge on any atom is 0.488 e. The van der Waals surface area contributed by atoms with Gasteiger partial charge in [0.05, 0.1) is 0 Å². The lowest BCUT2D eigenvalue weighted by Gasteiger charge is -2.31. The van der Waals surface area contributed by atoms with Crippen molar-refractivity contribution >= 4 is 8.25 Å². The predicted octanol–water partition coefficient (Wildman–Crippen LogP) is 4.08. The minimum absolute atomic E-state index is 0.00825.